The Bertz CT molecular complexity index is 5480. The van der Waals surface area contributed by atoms with E-state index >= 15 is 17.6 Å². The van der Waals surface area contributed by atoms with Crippen molar-refractivity contribution in [3.63, 3.8) is 0 Å². The first-order chi connectivity index (χ1) is 59.6. The minimum atomic E-state index is -0.921. The second-order valence-corrected chi connectivity index (χ2v) is 44.0. The molecule has 0 aliphatic rings. The molecule has 0 aliphatic heterocycles. The van der Waals surface area contributed by atoms with E-state index in [0.29, 0.717) is 71.9 Å². The molecule has 0 fully saturated rings. The Morgan fingerprint density at radius 2 is 0.590 bits per heavy atom. The second-order valence-electron chi connectivity index (χ2n) is 34.6. The average molecular weight is 1840 g/mol. The predicted octanol–water partition coefficient (Wildman–Crippen LogP) is 37.1. The highest BCUT2D eigenvalue weighted by Crippen LogP contribution is 2.56. The van der Waals surface area contributed by atoms with Crippen LogP contribution in [0.3, 0.4) is 0 Å². The standard InChI is InChI=1S/C101H128F4N6OS10/c1-13-22-29-32-33-34-35-36-37-40-53-112-98-63(11)82(73-48-47-62(10)113-73)92-97(111-120-106-92)87(98)74-49-50-75(115-74)99-70(54-65(20-8)41-25-16-4)59-79(117-99)84-90(104)91(105)85(96-95(84)109-122-110-96)80-60-71(55-66(21-9)42-26-17-5)100(118-80)76-51-52-77(116-76)101-72(57-68(44-28-19-7)46-39-31-24-15-3)61-81(119-101)86-89(103)88(102)83(93-94(86)108-121-107-93)78-58-69(64(12)114-78)56-67(43-27-18-6)45-38-30-23-14-2/h47-52,58-61,65-68H,13-46,53-57H2,1-12H3. The maximum Gasteiger partial charge on any atom is 0.170 e. The van der Waals surface area contributed by atoms with E-state index in [4.69, 9.17) is 31.0 Å². The zero-order valence-electron chi connectivity index (χ0n) is 74.3. The molecule has 656 valence electrons. The van der Waals surface area contributed by atoms with Gasteiger partial charge >= 0.3 is 0 Å². The molecule has 13 aromatic rings. The summed E-state index contributed by atoms with van der Waals surface area (Å²) in [7, 11) is 0. The second kappa shape index (κ2) is 46.5. The number of benzene rings is 3. The van der Waals surface area contributed by atoms with Crippen molar-refractivity contribution in [2.75, 3.05) is 6.61 Å². The van der Waals surface area contributed by atoms with Crippen LogP contribution in [0.2, 0.25) is 0 Å². The summed E-state index contributed by atoms with van der Waals surface area (Å²) in [6.45, 7) is 27.4. The molecule has 4 atom stereocenters. The molecule has 10 aromatic heterocycles. The monoisotopic (exact) mass is 1840 g/mol. The maximum absolute atomic E-state index is 18.4. The molecule has 13 rings (SSSR count). The fourth-order valence-corrected chi connectivity index (χ4v) is 28.2. The van der Waals surface area contributed by atoms with E-state index in [9.17, 15) is 0 Å². The Kier molecular flexibility index (Phi) is 35.9. The number of aryl methyl sites for hydroxylation is 2. The van der Waals surface area contributed by atoms with Crippen LogP contribution in [0.5, 0.6) is 5.75 Å². The Morgan fingerprint density at radius 3 is 0.984 bits per heavy atom. The number of thiophene rings is 7. The zero-order chi connectivity index (χ0) is 85.8. The number of nitrogens with zero attached hydrogens (tertiary/aromatic N) is 6. The average Bonchev–Trinajstić information content (AvgIpc) is 1.58. The zero-order valence-corrected chi connectivity index (χ0v) is 82.5. The Morgan fingerprint density at radius 1 is 0.287 bits per heavy atom. The third-order valence-corrected chi connectivity index (χ3v) is 35.4. The minimum absolute atomic E-state index is 0.144. The summed E-state index contributed by atoms with van der Waals surface area (Å²) in [5.74, 6) is -1.04. The van der Waals surface area contributed by atoms with Crippen LogP contribution < -0.4 is 4.74 Å². The van der Waals surface area contributed by atoms with Gasteiger partial charge in [0.1, 0.15) is 38.8 Å². The Balaban J connectivity index is 0.872. The first-order valence-corrected chi connectivity index (χ1v) is 54.4. The third kappa shape index (κ3) is 22.4. The van der Waals surface area contributed by atoms with Crippen molar-refractivity contribution < 1.29 is 22.3 Å². The van der Waals surface area contributed by atoms with Crippen molar-refractivity contribution in [3.8, 4) is 97.7 Å². The van der Waals surface area contributed by atoms with E-state index < -0.39 is 23.3 Å². The van der Waals surface area contributed by atoms with E-state index in [-0.39, 0.29) is 22.3 Å². The Hall–Kier alpha value is -5.46. The lowest BCUT2D eigenvalue weighted by Crippen LogP contribution is -2.05. The van der Waals surface area contributed by atoms with Crippen molar-refractivity contribution in [2.45, 2.75) is 327 Å². The van der Waals surface area contributed by atoms with Crippen LogP contribution in [-0.2, 0) is 25.7 Å². The first-order valence-electron chi connectivity index (χ1n) is 46.5. The van der Waals surface area contributed by atoms with E-state index in [1.807, 2.05) is 0 Å². The Labute approximate surface area is 765 Å². The van der Waals surface area contributed by atoms with Crippen LogP contribution in [-0.4, -0.2) is 32.8 Å². The molecule has 0 amide bonds. The van der Waals surface area contributed by atoms with Gasteiger partial charge in [-0.15, -0.1) is 79.4 Å². The third-order valence-electron chi connectivity index (χ3n) is 25.4. The number of halogens is 4. The van der Waals surface area contributed by atoms with Gasteiger partial charge in [0.2, 0.25) is 0 Å². The highest BCUT2D eigenvalue weighted by Gasteiger charge is 2.34. The van der Waals surface area contributed by atoms with Crippen molar-refractivity contribution in [1.29, 1.82) is 0 Å². The molecule has 0 radical (unpaired) electrons. The van der Waals surface area contributed by atoms with Crippen LogP contribution in [0.15, 0.2) is 60.7 Å². The lowest BCUT2D eigenvalue weighted by molar-refractivity contribution is 0.304. The van der Waals surface area contributed by atoms with Gasteiger partial charge in [0.15, 0.2) is 23.3 Å². The summed E-state index contributed by atoms with van der Waals surface area (Å²) in [5.41, 5.74) is 11.6. The van der Waals surface area contributed by atoms with E-state index in [1.165, 1.54) is 165 Å². The summed E-state index contributed by atoms with van der Waals surface area (Å²) in [6, 6.07) is 21.7. The summed E-state index contributed by atoms with van der Waals surface area (Å²) < 4.78 is 109. The molecule has 0 spiro atoms. The lowest BCUT2D eigenvalue weighted by atomic mass is 9.89. The van der Waals surface area contributed by atoms with Gasteiger partial charge in [0, 0.05) is 79.4 Å². The van der Waals surface area contributed by atoms with Crippen LogP contribution in [0.4, 0.5) is 17.6 Å². The normalized spacial score (nSPS) is 13.1. The number of unbranched alkanes of at least 4 members (excludes halogenated alkanes) is 19. The SMILES string of the molecule is CCCCCCCCCCCCOc1c(C)c(-c2ccc(C)s2)c2nsnc2c1-c1ccc(-c2sc(-c3c(F)c(F)c(-c4cc(CC(CC)CCCC)c(-c5ccc(-c6sc(-c7c(F)c(F)c(-c8cc(CC(CCCC)CCCCCC)c(C)s8)c8nsnc78)cc6CC(CCCC)CCCCCC)s5)s4)c4nsnc34)cc2CC(CC)CCCC)s1. The molecule has 0 N–H and O–H groups in total. The maximum atomic E-state index is 18.4. The minimum Gasteiger partial charge on any atom is -0.493 e. The highest BCUT2D eigenvalue weighted by atomic mass is 32.1. The highest BCUT2D eigenvalue weighted by molar-refractivity contribution is 7.28. The van der Waals surface area contributed by atoms with E-state index in [1.54, 1.807) is 45.3 Å². The number of rotatable bonds is 53. The molecule has 4 unspecified atom stereocenters. The van der Waals surface area contributed by atoms with E-state index in [2.05, 4.69) is 144 Å². The summed E-state index contributed by atoms with van der Waals surface area (Å²) in [4.78, 5) is 13.4. The van der Waals surface area contributed by atoms with Crippen molar-refractivity contribution in [1.82, 2.24) is 26.2 Å². The van der Waals surface area contributed by atoms with Gasteiger partial charge in [-0.2, -0.15) is 26.2 Å². The molecule has 0 saturated carbocycles. The molecular weight excluding hydrogens is 1710 g/mol. The molecule has 122 heavy (non-hydrogen) atoms. The number of ether oxygens (including phenoxy) is 1. The molecule has 0 saturated heterocycles. The summed E-state index contributed by atoms with van der Waals surface area (Å²) in [6.07, 6.45) is 42.9. The van der Waals surface area contributed by atoms with Gasteiger partial charge in [0.25, 0.3) is 0 Å². The predicted molar refractivity (Wildman–Crippen MR) is 530 cm³/mol. The molecule has 3 aromatic carbocycles. The van der Waals surface area contributed by atoms with Gasteiger partial charge in [-0.05, 0) is 159 Å². The van der Waals surface area contributed by atoms with Crippen LogP contribution in [0.1, 0.15) is 318 Å². The van der Waals surface area contributed by atoms with Crippen molar-refractivity contribution in [3.05, 3.63) is 122 Å². The van der Waals surface area contributed by atoms with Crippen LogP contribution in [0.25, 0.3) is 125 Å². The number of hydrogen-bond acceptors (Lipinski definition) is 17. The fraction of sp³-hybridized carbons (Fsp3) is 0.545. The fourth-order valence-electron chi connectivity index (χ4n) is 18.2. The molecule has 21 heteroatoms. The van der Waals surface area contributed by atoms with Gasteiger partial charge in [-0.1, -0.05) is 274 Å². The van der Waals surface area contributed by atoms with Crippen LogP contribution >= 0.6 is 115 Å². The number of aromatic nitrogens is 6. The molecular formula is C101H128F4N6OS10. The van der Waals surface area contributed by atoms with E-state index in [0.717, 1.165) is 252 Å². The van der Waals surface area contributed by atoms with Crippen LogP contribution in [0, 0.1) is 67.7 Å². The number of hydrogen-bond donors (Lipinski definition) is 0. The lowest BCUT2D eigenvalue weighted by Gasteiger charge is -2.17. The van der Waals surface area contributed by atoms with Gasteiger partial charge in [-0.25, -0.2) is 17.6 Å². The largest absolute Gasteiger partial charge is 0.493 e. The topological polar surface area (TPSA) is 86.6 Å². The van der Waals surface area contributed by atoms with Gasteiger partial charge in [0.05, 0.1) is 69.6 Å². The molecule has 7 nitrogen and oxygen atoms in total. The molecule has 0 bridgehead atoms. The van der Waals surface area contributed by atoms with Crippen molar-refractivity contribution >= 4 is 148 Å². The van der Waals surface area contributed by atoms with Gasteiger partial charge < -0.3 is 4.74 Å². The summed E-state index contributed by atoms with van der Waals surface area (Å²) >= 11 is 14.6. The molecule has 10 heterocycles. The van der Waals surface area contributed by atoms with Gasteiger partial charge in [-0.3, -0.25) is 0 Å². The smallest absolute Gasteiger partial charge is 0.170 e. The molecule has 0 aliphatic carbocycles. The van der Waals surface area contributed by atoms with Crippen molar-refractivity contribution in [2.24, 2.45) is 23.7 Å². The number of fused-ring (bicyclic) bond motifs is 3. The quantitative estimate of drug-likeness (QED) is 0.0277. The summed E-state index contributed by atoms with van der Waals surface area (Å²) in [5, 5.41) is 0. The first kappa shape index (κ1) is 94.2.